The van der Waals surface area contributed by atoms with Crippen molar-refractivity contribution in [3.05, 3.63) is 6.92 Å². The molecule has 0 aromatic rings. The van der Waals surface area contributed by atoms with E-state index in [2.05, 4.69) is 29.5 Å². The number of unbranched alkanes of at least 4 members (excludes halogenated alkanes) is 1. The fraction of sp³-hybridized carbons (Fsp3) is 0.714. The van der Waals surface area contributed by atoms with Gasteiger partial charge in [-0.05, 0) is 17.3 Å². The summed E-state index contributed by atoms with van der Waals surface area (Å²) in [6.45, 7) is 5.00. The topological polar surface area (TPSA) is 37.3 Å². The van der Waals surface area contributed by atoms with Crippen LogP contribution >= 0.6 is 22.6 Å². The summed E-state index contributed by atoms with van der Waals surface area (Å²) in [5, 5.41) is 8.14. The maximum absolute atomic E-state index is 9.87. The summed E-state index contributed by atoms with van der Waals surface area (Å²) in [5.41, 5.74) is 0. The van der Waals surface area contributed by atoms with E-state index in [1.54, 1.807) is 6.92 Å². The SMILES string of the molecule is O=C(O)CCCCI.[CH2-]C.[Zn]. The Hall–Kier alpha value is 0.823. The van der Waals surface area contributed by atoms with Crippen molar-refractivity contribution in [1.29, 1.82) is 0 Å². The molecular formula is C7H14IO2Zn-. The largest absolute Gasteiger partial charge is 0.481 e. The minimum absolute atomic E-state index is 0. The molecule has 0 radical (unpaired) electrons. The molecule has 0 bridgehead atoms. The van der Waals surface area contributed by atoms with Crippen LogP contribution in [0.5, 0.6) is 0 Å². The van der Waals surface area contributed by atoms with Crippen LogP contribution in [0.1, 0.15) is 26.2 Å². The molecule has 0 aliphatic heterocycles. The molecule has 0 unspecified atom stereocenters. The summed E-state index contributed by atoms with van der Waals surface area (Å²) in [5.74, 6) is -0.685. The van der Waals surface area contributed by atoms with Crippen molar-refractivity contribution in [1.82, 2.24) is 0 Å². The molecule has 11 heavy (non-hydrogen) atoms. The molecule has 0 rings (SSSR count). The molecule has 0 fully saturated rings. The zero-order chi connectivity index (χ0) is 8.41. The van der Waals surface area contributed by atoms with Gasteiger partial charge in [0, 0.05) is 25.9 Å². The Kier molecular flexibility index (Phi) is 27.6. The first kappa shape index (κ1) is 17.8. The van der Waals surface area contributed by atoms with Crippen LogP contribution in [0.2, 0.25) is 0 Å². The van der Waals surface area contributed by atoms with Gasteiger partial charge in [-0.2, -0.15) is 6.92 Å². The number of hydrogen-bond acceptors (Lipinski definition) is 1. The van der Waals surface area contributed by atoms with E-state index in [0.717, 1.165) is 17.3 Å². The molecule has 4 heteroatoms. The molecule has 0 saturated carbocycles. The average Bonchev–Trinajstić information content (AvgIpc) is 1.92. The molecule has 2 nitrogen and oxygen atoms in total. The second kappa shape index (κ2) is 17.1. The molecular weight excluding hydrogens is 308 g/mol. The minimum Gasteiger partial charge on any atom is -0.481 e. The molecule has 0 aliphatic rings. The maximum Gasteiger partial charge on any atom is 0.303 e. The van der Waals surface area contributed by atoms with Gasteiger partial charge in [-0.15, -0.1) is 0 Å². The molecule has 64 valence electrons. The van der Waals surface area contributed by atoms with Crippen molar-refractivity contribution in [2.45, 2.75) is 26.2 Å². The summed E-state index contributed by atoms with van der Waals surface area (Å²) < 4.78 is 1.06. The zero-order valence-corrected chi connectivity index (χ0v) is 12.1. The number of carboxylic acids is 1. The zero-order valence-electron chi connectivity index (χ0n) is 6.98. The molecule has 0 aromatic heterocycles. The molecule has 0 heterocycles. The van der Waals surface area contributed by atoms with Crippen molar-refractivity contribution in [3.8, 4) is 0 Å². The smallest absolute Gasteiger partial charge is 0.303 e. The van der Waals surface area contributed by atoms with Crippen LogP contribution in [0.15, 0.2) is 0 Å². The number of carbonyl (C=O) groups is 1. The van der Waals surface area contributed by atoms with Gasteiger partial charge in [0.05, 0.1) is 0 Å². The number of aliphatic carboxylic acids is 1. The molecule has 0 spiro atoms. The van der Waals surface area contributed by atoms with Crippen LogP contribution in [-0.4, -0.2) is 15.5 Å². The molecule has 0 atom stereocenters. The van der Waals surface area contributed by atoms with E-state index in [0.29, 0.717) is 6.42 Å². The van der Waals surface area contributed by atoms with E-state index in [1.165, 1.54) is 0 Å². The van der Waals surface area contributed by atoms with Crippen LogP contribution in [0, 0.1) is 6.92 Å². The maximum atomic E-state index is 9.87. The second-order valence-electron chi connectivity index (χ2n) is 1.54. The fourth-order valence-corrected chi connectivity index (χ4v) is 0.910. The monoisotopic (exact) mass is 321 g/mol. The van der Waals surface area contributed by atoms with Crippen molar-refractivity contribution < 1.29 is 29.4 Å². The Labute approximate surface area is 95.0 Å². The van der Waals surface area contributed by atoms with Gasteiger partial charge >= 0.3 is 5.97 Å². The third-order valence-corrected chi connectivity index (χ3v) is 1.54. The van der Waals surface area contributed by atoms with Gasteiger partial charge in [0.15, 0.2) is 0 Å². The third-order valence-electron chi connectivity index (χ3n) is 0.774. The first-order valence-electron chi connectivity index (χ1n) is 3.26. The van der Waals surface area contributed by atoms with Gasteiger partial charge in [0.1, 0.15) is 0 Å². The summed E-state index contributed by atoms with van der Waals surface area (Å²) in [7, 11) is 0. The first-order chi connectivity index (χ1) is 4.77. The summed E-state index contributed by atoms with van der Waals surface area (Å²) in [6.07, 6.45) is 2.16. The molecule has 0 aromatic carbocycles. The molecule has 0 saturated heterocycles. The predicted octanol–water partition coefficient (Wildman–Crippen LogP) is 2.51. The second-order valence-corrected chi connectivity index (χ2v) is 2.62. The van der Waals surface area contributed by atoms with Crippen LogP contribution in [-0.2, 0) is 24.3 Å². The van der Waals surface area contributed by atoms with E-state index in [9.17, 15) is 4.79 Å². The quantitative estimate of drug-likeness (QED) is 0.284. The Bertz CT molecular complexity index is 78.8. The Morgan fingerprint density at radius 2 is 1.91 bits per heavy atom. The van der Waals surface area contributed by atoms with Crippen LogP contribution in [0.25, 0.3) is 0 Å². The van der Waals surface area contributed by atoms with E-state index in [4.69, 9.17) is 5.11 Å². The van der Waals surface area contributed by atoms with Crippen molar-refractivity contribution in [2.75, 3.05) is 4.43 Å². The fourth-order valence-electron chi connectivity index (χ4n) is 0.371. The van der Waals surface area contributed by atoms with Crippen molar-refractivity contribution >= 4 is 28.6 Å². The standard InChI is InChI=1S/C5H9IO2.C2H5.Zn/c6-4-2-1-3-5(7)8;1-2;/h1-4H2,(H,7,8);1H2,2H3;/q;-1;. The van der Waals surface area contributed by atoms with Gasteiger partial charge in [-0.25, -0.2) is 0 Å². The summed E-state index contributed by atoms with van der Waals surface area (Å²) in [4.78, 5) is 9.87. The van der Waals surface area contributed by atoms with E-state index in [1.807, 2.05) is 0 Å². The summed E-state index contributed by atoms with van der Waals surface area (Å²) >= 11 is 2.24. The normalized spacial score (nSPS) is 7.18. The average molecular weight is 322 g/mol. The molecule has 0 amide bonds. The predicted molar refractivity (Wildman–Crippen MR) is 51.4 cm³/mol. The molecule has 0 aliphatic carbocycles. The molecule has 1 N–H and O–H groups in total. The van der Waals surface area contributed by atoms with Crippen LogP contribution in [0.3, 0.4) is 0 Å². The van der Waals surface area contributed by atoms with Gasteiger partial charge in [0.2, 0.25) is 0 Å². The van der Waals surface area contributed by atoms with Crippen molar-refractivity contribution in [2.24, 2.45) is 0 Å². The van der Waals surface area contributed by atoms with Gasteiger partial charge in [0.25, 0.3) is 0 Å². The van der Waals surface area contributed by atoms with Gasteiger partial charge in [-0.1, -0.05) is 22.6 Å². The Balaban J connectivity index is -0.000000196. The van der Waals surface area contributed by atoms with E-state index >= 15 is 0 Å². The number of rotatable bonds is 4. The van der Waals surface area contributed by atoms with Crippen LogP contribution < -0.4 is 0 Å². The number of alkyl halides is 1. The van der Waals surface area contributed by atoms with Gasteiger partial charge < -0.3 is 12.0 Å². The number of hydrogen-bond donors (Lipinski definition) is 1. The Morgan fingerprint density at radius 3 is 2.18 bits per heavy atom. The third kappa shape index (κ3) is 24.8. The number of halogens is 1. The van der Waals surface area contributed by atoms with E-state index < -0.39 is 5.97 Å². The summed E-state index contributed by atoms with van der Waals surface area (Å²) in [6, 6.07) is 0. The van der Waals surface area contributed by atoms with Crippen LogP contribution in [0.4, 0.5) is 0 Å². The van der Waals surface area contributed by atoms with E-state index in [-0.39, 0.29) is 19.5 Å². The Morgan fingerprint density at radius 1 is 1.45 bits per heavy atom. The minimum atomic E-state index is -0.685. The first-order valence-corrected chi connectivity index (χ1v) is 4.78. The van der Waals surface area contributed by atoms with Gasteiger partial charge in [-0.3, -0.25) is 4.79 Å². The number of carboxylic acid groups (broad SMARTS) is 1. The van der Waals surface area contributed by atoms with Crippen molar-refractivity contribution in [3.63, 3.8) is 0 Å².